The van der Waals surface area contributed by atoms with Crippen LogP contribution < -0.4 is 0 Å². The van der Waals surface area contributed by atoms with E-state index in [9.17, 15) is 0 Å². The summed E-state index contributed by atoms with van der Waals surface area (Å²) in [5.74, 6) is 0.330. The molecule has 0 amide bonds. The second-order valence-electron chi connectivity index (χ2n) is 17.5. The fourth-order valence-corrected chi connectivity index (χ4v) is 11.1. The Morgan fingerprint density at radius 2 is 0.828 bits per heavy atom. The molecule has 0 fully saturated rings. The molecule has 1 heterocycles. The number of fused-ring (bicyclic) bond motifs is 9. The number of aryl methyl sites for hydroxylation is 1. The van der Waals surface area contributed by atoms with Gasteiger partial charge in [0.05, 0.1) is 11.0 Å². The quantitative estimate of drug-likeness (QED) is 0.151. The molecule has 1 aliphatic rings. The van der Waals surface area contributed by atoms with E-state index in [0.29, 0.717) is 5.92 Å². The highest BCUT2D eigenvalue weighted by Gasteiger charge is 2.29. The van der Waals surface area contributed by atoms with Crippen molar-refractivity contribution >= 4 is 54.1 Å². The third-order valence-electron chi connectivity index (χ3n) is 14.1. The van der Waals surface area contributed by atoms with Crippen molar-refractivity contribution in [3.05, 3.63) is 247 Å². The smallest absolute Gasteiger partial charge is 0.0547 e. The second-order valence-corrected chi connectivity index (χ2v) is 17.5. The van der Waals surface area contributed by atoms with E-state index in [1.165, 1.54) is 115 Å². The van der Waals surface area contributed by atoms with Gasteiger partial charge in [0.15, 0.2) is 0 Å². The molecule has 13 rings (SSSR count). The Kier molecular flexibility index (Phi) is 8.49. The summed E-state index contributed by atoms with van der Waals surface area (Å²) >= 11 is 0. The fourth-order valence-electron chi connectivity index (χ4n) is 11.1. The van der Waals surface area contributed by atoms with E-state index in [2.05, 4.69) is 235 Å². The van der Waals surface area contributed by atoms with Crippen LogP contribution in [0.4, 0.5) is 0 Å². The van der Waals surface area contributed by atoms with Crippen LogP contribution in [0.1, 0.15) is 29.0 Å². The zero-order valence-electron chi connectivity index (χ0n) is 35.4. The van der Waals surface area contributed by atoms with Gasteiger partial charge >= 0.3 is 0 Å². The maximum Gasteiger partial charge on any atom is 0.0547 e. The van der Waals surface area contributed by atoms with Gasteiger partial charge in [0.25, 0.3) is 0 Å². The molecule has 0 N–H and O–H groups in total. The Hall–Kier alpha value is -8.00. The number of nitrogens with zero attached hydrogens (tertiary/aromatic N) is 1. The minimum atomic E-state index is 0.330. The Labute approximate surface area is 373 Å². The van der Waals surface area contributed by atoms with Crippen LogP contribution in [-0.2, 0) is 6.42 Å². The average molecular weight is 814 g/mol. The van der Waals surface area contributed by atoms with Crippen LogP contribution in [0.3, 0.4) is 0 Å². The van der Waals surface area contributed by atoms with Crippen molar-refractivity contribution in [3.63, 3.8) is 0 Å². The molecule has 1 aliphatic carbocycles. The standard InChI is InChI=1S/C63H43N/c1-3-17-48-41(13-1)15-11-24-51(48)45-31-37-58-56-22-8-7-21-55(56)57(61(58)39-45)36-30-44-29-35-53(54-20-6-5-19-50(44)54)43-27-33-47(34-28-43)64-62-26-10-9-23-59(62)60-38-32-46(40-63(60)64)52-25-12-16-42-14-2-4-18-49(42)52/h1-29,31-35,37-40,57H,30,36H2. The van der Waals surface area contributed by atoms with E-state index in [1.807, 2.05) is 0 Å². The van der Waals surface area contributed by atoms with E-state index < -0.39 is 0 Å². The van der Waals surface area contributed by atoms with Crippen LogP contribution in [0, 0.1) is 0 Å². The summed E-state index contributed by atoms with van der Waals surface area (Å²) in [5, 5.41) is 10.3. The molecule has 0 saturated heterocycles. The summed E-state index contributed by atoms with van der Waals surface area (Å²) in [6, 6.07) is 85.7. The largest absolute Gasteiger partial charge is 0.309 e. The molecule has 0 aliphatic heterocycles. The third kappa shape index (κ3) is 5.85. The lowest BCUT2D eigenvalue weighted by Crippen LogP contribution is -2.00. The molecule has 12 aromatic rings. The van der Waals surface area contributed by atoms with E-state index in [4.69, 9.17) is 0 Å². The number of aromatic nitrogens is 1. The van der Waals surface area contributed by atoms with Gasteiger partial charge in [-0.2, -0.15) is 0 Å². The monoisotopic (exact) mass is 813 g/mol. The number of rotatable bonds is 7. The molecule has 1 nitrogen and oxygen atoms in total. The number of para-hydroxylation sites is 1. The predicted molar refractivity (Wildman–Crippen MR) is 272 cm³/mol. The Morgan fingerprint density at radius 1 is 0.312 bits per heavy atom. The van der Waals surface area contributed by atoms with Crippen molar-refractivity contribution in [2.24, 2.45) is 0 Å². The Morgan fingerprint density at radius 3 is 1.59 bits per heavy atom. The normalized spacial score (nSPS) is 13.3. The van der Waals surface area contributed by atoms with Gasteiger partial charge in [-0.3, -0.25) is 0 Å². The summed E-state index contributed by atoms with van der Waals surface area (Å²) in [5.41, 5.74) is 18.2. The highest BCUT2D eigenvalue weighted by Crippen LogP contribution is 2.49. The van der Waals surface area contributed by atoms with Crippen LogP contribution in [0.5, 0.6) is 0 Å². The Balaban J connectivity index is 0.845. The molecule has 0 spiro atoms. The first kappa shape index (κ1) is 36.6. The average Bonchev–Trinajstić information content (AvgIpc) is 3.87. The first-order valence-corrected chi connectivity index (χ1v) is 22.6. The lowest BCUT2D eigenvalue weighted by Gasteiger charge is -2.17. The van der Waals surface area contributed by atoms with Crippen molar-refractivity contribution in [3.8, 4) is 50.2 Å². The van der Waals surface area contributed by atoms with Gasteiger partial charge in [-0.25, -0.2) is 0 Å². The van der Waals surface area contributed by atoms with Crippen molar-refractivity contribution in [1.29, 1.82) is 0 Å². The lowest BCUT2D eigenvalue weighted by molar-refractivity contribution is 0.732. The van der Waals surface area contributed by atoms with Crippen molar-refractivity contribution < 1.29 is 0 Å². The van der Waals surface area contributed by atoms with Crippen LogP contribution in [0.25, 0.3) is 104 Å². The molecule has 1 atom stereocenters. The highest BCUT2D eigenvalue weighted by molar-refractivity contribution is 6.11. The van der Waals surface area contributed by atoms with Gasteiger partial charge < -0.3 is 4.57 Å². The molecule has 11 aromatic carbocycles. The number of hydrogen-bond donors (Lipinski definition) is 0. The van der Waals surface area contributed by atoms with Gasteiger partial charge in [0.1, 0.15) is 0 Å². The zero-order chi connectivity index (χ0) is 42.1. The van der Waals surface area contributed by atoms with Gasteiger partial charge in [-0.05, 0) is 137 Å². The van der Waals surface area contributed by atoms with E-state index in [-0.39, 0.29) is 0 Å². The summed E-state index contributed by atoms with van der Waals surface area (Å²) in [6.45, 7) is 0. The lowest BCUT2D eigenvalue weighted by atomic mass is 9.87. The van der Waals surface area contributed by atoms with Crippen molar-refractivity contribution in [1.82, 2.24) is 4.57 Å². The van der Waals surface area contributed by atoms with E-state index in [0.717, 1.165) is 18.5 Å². The van der Waals surface area contributed by atoms with Gasteiger partial charge in [-0.1, -0.05) is 200 Å². The van der Waals surface area contributed by atoms with Crippen molar-refractivity contribution in [2.45, 2.75) is 18.8 Å². The summed E-state index contributed by atoms with van der Waals surface area (Å²) in [7, 11) is 0. The SMILES string of the molecule is c1ccc2c(c1)-c1ccc(-c3cccc4ccccc34)cc1C2CCc1ccc(-c2ccc(-n3c4ccccc4c4ccc(-c5cccc6ccccc56)cc43)cc2)c2ccccc12. The highest BCUT2D eigenvalue weighted by atomic mass is 15.0. The maximum absolute atomic E-state index is 2.48. The number of benzene rings is 11. The van der Waals surface area contributed by atoms with Gasteiger partial charge in [0.2, 0.25) is 0 Å². The minimum absolute atomic E-state index is 0.330. The molecule has 1 heteroatoms. The van der Waals surface area contributed by atoms with Crippen LogP contribution in [-0.4, -0.2) is 4.57 Å². The van der Waals surface area contributed by atoms with Gasteiger partial charge in [-0.15, -0.1) is 0 Å². The zero-order valence-corrected chi connectivity index (χ0v) is 35.4. The molecule has 0 radical (unpaired) electrons. The summed E-state index contributed by atoms with van der Waals surface area (Å²) < 4.78 is 2.44. The first-order chi connectivity index (χ1) is 31.7. The first-order valence-electron chi connectivity index (χ1n) is 22.6. The summed E-state index contributed by atoms with van der Waals surface area (Å²) in [6.07, 6.45) is 2.03. The molecule has 1 aromatic heterocycles. The number of hydrogen-bond acceptors (Lipinski definition) is 0. The van der Waals surface area contributed by atoms with Gasteiger partial charge in [0, 0.05) is 22.4 Å². The Bertz CT molecular complexity index is 3780. The second kappa shape index (κ2) is 14.8. The molecule has 0 saturated carbocycles. The predicted octanol–water partition coefficient (Wildman–Crippen LogP) is 17.0. The molecule has 300 valence electrons. The molecular formula is C63H43N. The minimum Gasteiger partial charge on any atom is -0.309 e. The maximum atomic E-state index is 2.48. The fraction of sp³-hybridized carbons (Fsp3) is 0.0476. The topological polar surface area (TPSA) is 4.93 Å². The molecule has 64 heavy (non-hydrogen) atoms. The van der Waals surface area contributed by atoms with Crippen LogP contribution >= 0.6 is 0 Å². The molecular weight excluding hydrogens is 771 g/mol. The third-order valence-corrected chi connectivity index (χ3v) is 14.1. The van der Waals surface area contributed by atoms with Crippen molar-refractivity contribution in [2.75, 3.05) is 0 Å². The van der Waals surface area contributed by atoms with Crippen LogP contribution in [0.15, 0.2) is 231 Å². The van der Waals surface area contributed by atoms with E-state index >= 15 is 0 Å². The molecule has 1 unspecified atom stereocenters. The van der Waals surface area contributed by atoms with E-state index in [1.54, 1.807) is 0 Å². The summed E-state index contributed by atoms with van der Waals surface area (Å²) in [4.78, 5) is 0. The molecule has 0 bridgehead atoms. The van der Waals surface area contributed by atoms with Crippen LogP contribution in [0.2, 0.25) is 0 Å².